The Hall–Kier alpha value is -1.36. The van der Waals surface area contributed by atoms with Crippen LogP contribution in [0.15, 0.2) is 12.4 Å². The standard InChI is InChI=1S/C15H24N4O/c16-5-4-12-2-1-3-13(10-12)15(20)19-9-8-18-7-6-17-14(18)11-19/h6-7,12-13H,1-5,8-11,16H2. The van der Waals surface area contributed by atoms with Crippen molar-refractivity contribution in [1.29, 1.82) is 0 Å². The Morgan fingerprint density at radius 1 is 1.40 bits per heavy atom. The molecule has 0 aromatic carbocycles. The van der Waals surface area contributed by atoms with E-state index < -0.39 is 0 Å². The van der Waals surface area contributed by atoms with Crippen LogP contribution in [0.3, 0.4) is 0 Å². The second-order valence-electron chi connectivity index (χ2n) is 6.10. The Kier molecular flexibility index (Phi) is 4.05. The van der Waals surface area contributed by atoms with E-state index in [0.717, 1.165) is 44.7 Å². The van der Waals surface area contributed by atoms with E-state index in [2.05, 4.69) is 9.55 Å². The van der Waals surface area contributed by atoms with E-state index in [9.17, 15) is 4.79 Å². The van der Waals surface area contributed by atoms with E-state index in [4.69, 9.17) is 5.73 Å². The summed E-state index contributed by atoms with van der Waals surface area (Å²) in [6.45, 7) is 3.11. The third-order valence-corrected chi connectivity index (χ3v) is 4.76. The fourth-order valence-corrected chi connectivity index (χ4v) is 3.63. The van der Waals surface area contributed by atoms with Gasteiger partial charge in [-0.05, 0) is 31.7 Å². The van der Waals surface area contributed by atoms with Crippen molar-refractivity contribution in [2.45, 2.75) is 45.2 Å². The van der Waals surface area contributed by atoms with Gasteiger partial charge in [0.15, 0.2) is 0 Å². The van der Waals surface area contributed by atoms with Crippen molar-refractivity contribution >= 4 is 5.91 Å². The fourth-order valence-electron chi connectivity index (χ4n) is 3.63. The molecule has 2 heterocycles. The van der Waals surface area contributed by atoms with Gasteiger partial charge in [-0.1, -0.05) is 12.8 Å². The molecule has 1 aromatic rings. The third kappa shape index (κ3) is 2.73. The summed E-state index contributed by atoms with van der Waals surface area (Å²) in [5.41, 5.74) is 5.66. The van der Waals surface area contributed by atoms with E-state index in [1.807, 2.05) is 17.3 Å². The van der Waals surface area contributed by atoms with Gasteiger partial charge in [-0.25, -0.2) is 4.98 Å². The molecule has 1 aliphatic carbocycles. The second kappa shape index (κ2) is 5.95. The van der Waals surface area contributed by atoms with E-state index in [1.54, 1.807) is 0 Å². The molecule has 3 rings (SSSR count). The van der Waals surface area contributed by atoms with Gasteiger partial charge in [0.05, 0.1) is 6.54 Å². The SMILES string of the molecule is NCCC1CCCC(C(=O)N2CCn3ccnc3C2)C1. The summed E-state index contributed by atoms with van der Waals surface area (Å²) in [5, 5.41) is 0. The first-order chi connectivity index (χ1) is 9.78. The first-order valence-electron chi connectivity index (χ1n) is 7.77. The maximum atomic E-state index is 12.7. The van der Waals surface area contributed by atoms with Crippen LogP contribution in [0.5, 0.6) is 0 Å². The highest BCUT2D eigenvalue weighted by Gasteiger charge is 2.31. The maximum Gasteiger partial charge on any atom is 0.226 e. The minimum Gasteiger partial charge on any atom is -0.333 e. The van der Waals surface area contributed by atoms with Crippen molar-refractivity contribution in [3.8, 4) is 0 Å². The Morgan fingerprint density at radius 3 is 3.15 bits per heavy atom. The van der Waals surface area contributed by atoms with Crippen molar-refractivity contribution < 1.29 is 4.79 Å². The van der Waals surface area contributed by atoms with E-state index >= 15 is 0 Å². The maximum absolute atomic E-state index is 12.7. The van der Waals surface area contributed by atoms with Crippen molar-refractivity contribution in [3.63, 3.8) is 0 Å². The lowest BCUT2D eigenvalue weighted by Gasteiger charge is -2.34. The number of amides is 1. The first-order valence-corrected chi connectivity index (χ1v) is 7.77. The number of nitrogens with two attached hydrogens (primary N) is 1. The van der Waals surface area contributed by atoms with E-state index in [1.165, 1.54) is 12.8 Å². The molecule has 2 aliphatic rings. The molecule has 0 spiro atoms. The average Bonchev–Trinajstić information content (AvgIpc) is 2.94. The summed E-state index contributed by atoms with van der Waals surface area (Å²) in [6.07, 6.45) is 9.37. The van der Waals surface area contributed by atoms with Gasteiger partial charge in [0, 0.05) is 31.4 Å². The molecular formula is C15H24N4O. The Morgan fingerprint density at radius 2 is 2.30 bits per heavy atom. The molecule has 2 N–H and O–H groups in total. The van der Waals surface area contributed by atoms with Gasteiger partial charge in [-0.3, -0.25) is 4.79 Å². The normalized spacial score (nSPS) is 26.4. The summed E-state index contributed by atoms with van der Waals surface area (Å²) in [6, 6.07) is 0. The highest BCUT2D eigenvalue weighted by atomic mass is 16.2. The third-order valence-electron chi connectivity index (χ3n) is 4.76. The van der Waals surface area contributed by atoms with Crippen LogP contribution in [0, 0.1) is 11.8 Å². The van der Waals surface area contributed by atoms with Crippen LogP contribution >= 0.6 is 0 Å². The van der Waals surface area contributed by atoms with Gasteiger partial charge in [0.1, 0.15) is 5.82 Å². The summed E-state index contributed by atoms with van der Waals surface area (Å²) < 4.78 is 2.14. The average molecular weight is 276 g/mol. The van der Waals surface area contributed by atoms with Crippen LogP contribution in [0.4, 0.5) is 0 Å². The number of hydrogen-bond donors (Lipinski definition) is 1. The number of carbonyl (C=O) groups is 1. The highest BCUT2D eigenvalue weighted by molar-refractivity contribution is 5.79. The van der Waals surface area contributed by atoms with Crippen molar-refractivity contribution in [2.24, 2.45) is 17.6 Å². The molecule has 110 valence electrons. The van der Waals surface area contributed by atoms with Gasteiger partial charge in [-0.15, -0.1) is 0 Å². The quantitative estimate of drug-likeness (QED) is 0.907. The Bertz CT molecular complexity index is 468. The Balaban J connectivity index is 1.61. The van der Waals surface area contributed by atoms with Gasteiger partial charge < -0.3 is 15.2 Å². The molecule has 2 unspecified atom stereocenters. The molecule has 1 aliphatic heterocycles. The van der Waals surface area contributed by atoms with Crippen molar-refractivity contribution in [1.82, 2.24) is 14.5 Å². The van der Waals surface area contributed by atoms with Crippen molar-refractivity contribution in [3.05, 3.63) is 18.2 Å². The molecule has 1 amide bonds. The molecular weight excluding hydrogens is 252 g/mol. The second-order valence-corrected chi connectivity index (χ2v) is 6.10. The molecule has 5 nitrogen and oxygen atoms in total. The van der Waals surface area contributed by atoms with Crippen LogP contribution in [-0.2, 0) is 17.9 Å². The monoisotopic (exact) mass is 276 g/mol. The zero-order chi connectivity index (χ0) is 13.9. The number of nitrogens with zero attached hydrogens (tertiary/aromatic N) is 3. The number of imidazole rings is 1. The fraction of sp³-hybridized carbons (Fsp3) is 0.733. The van der Waals surface area contributed by atoms with Gasteiger partial charge in [-0.2, -0.15) is 0 Å². The largest absolute Gasteiger partial charge is 0.333 e. The van der Waals surface area contributed by atoms with E-state index in [-0.39, 0.29) is 5.92 Å². The molecule has 1 aromatic heterocycles. The van der Waals surface area contributed by atoms with Crippen LogP contribution in [-0.4, -0.2) is 33.4 Å². The number of carbonyl (C=O) groups excluding carboxylic acids is 1. The zero-order valence-electron chi connectivity index (χ0n) is 12.0. The molecule has 5 heteroatoms. The number of fused-ring (bicyclic) bond motifs is 1. The molecule has 0 radical (unpaired) electrons. The predicted octanol–water partition coefficient (Wildman–Crippen LogP) is 1.38. The van der Waals surface area contributed by atoms with Crippen molar-refractivity contribution in [2.75, 3.05) is 13.1 Å². The number of aromatic nitrogens is 2. The minimum absolute atomic E-state index is 0.210. The topological polar surface area (TPSA) is 64.2 Å². The highest BCUT2D eigenvalue weighted by Crippen LogP contribution is 2.32. The predicted molar refractivity (Wildman–Crippen MR) is 76.8 cm³/mol. The molecule has 2 atom stereocenters. The lowest BCUT2D eigenvalue weighted by atomic mass is 9.79. The lowest BCUT2D eigenvalue weighted by Crippen LogP contribution is -2.42. The minimum atomic E-state index is 0.210. The molecule has 1 fully saturated rings. The summed E-state index contributed by atoms with van der Waals surface area (Å²) >= 11 is 0. The van der Waals surface area contributed by atoms with Gasteiger partial charge in [0.25, 0.3) is 0 Å². The smallest absolute Gasteiger partial charge is 0.226 e. The molecule has 0 saturated heterocycles. The van der Waals surface area contributed by atoms with Crippen LogP contribution in [0.1, 0.15) is 37.9 Å². The van der Waals surface area contributed by atoms with Gasteiger partial charge >= 0.3 is 0 Å². The van der Waals surface area contributed by atoms with E-state index in [0.29, 0.717) is 18.4 Å². The van der Waals surface area contributed by atoms with Gasteiger partial charge in [0.2, 0.25) is 5.91 Å². The summed E-state index contributed by atoms with van der Waals surface area (Å²) in [5.74, 6) is 2.20. The summed E-state index contributed by atoms with van der Waals surface area (Å²) in [4.78, 5) is 19.0. The van der Waals surface area contributed by atoms with Crippen LogP contribution < -0.4 is 5.73 Å². The lowest BCUT2D eigenvalue weighted by molar-refractivity contribution is -0.138. The Labute approximate surface area is 120 Å². The van der Waals surface area contributed by atoms with Crippen LogP contribution in [0.2, 0.25) is 0 Å². The number of rotatable bonds is 3. The molecule has 20 heavy (non-hydrogen) atoms. The summed E-state index contributed by atoms with van der Waals surface area (Å²) in [7, 11) is 0. The molecule has 1 saturated carbocycles. The first kappa shape index (κ1) is 13.6. The number of hydrogen-bond acceptors (Lipinski definition) is 3. The van der Waals surface area contributed by atoms with Crippen LogP contribution in [0.25, 0.3) is 0 Å². The molecule has 0 bridgehead atoms. The zero-order valence-corrected chi connectivity index (χ0v) is 12.0.